The lowest BCUT2D eigenvalue weighted by Crippen LogP contribution is -2.32. The molecule has 0 fully saturated rings. The third-order valence-electron chi connectivity index (χ3n) is 5.80. The average molecular weight is 436 g/mol. The maximum Gasteiger partial charge on any atom is 0.290 e. The van der Waals surface area contributed by atoms with E-state index in [0.29, 0.717) is 42.2 Å². The number of fused-ring (bicyclic) bond motifs is 2. The smallest absolute Gasteiger partial charge is 0.290 e. The van der Waals surface area contributed by atoms with Crippen molar-refractivity contribution in [2.75, 3.05) is 26.9 Å². The molecule has 1 atom stereocenters. The number of ether oxygens (including phenoxy) is 2. The summed E-state index contributed by atoms with van der Waals surface area (Å²) in [5.41, 5.74) is 2.40. The average Bonchev–Trinajstić information content (AvgIpc) is 3.05. The van der Waals surface area contributed by atoms with Gasteiger partial charge in [0.1, 0.15) is 11.3 Å². The normalized spacial score (nSPS) is 15.6. The Morgan fingerprint density at radius 2 is 1.91 bits per heavy atom. The molecule has 1 unspecified atom stereocenters. The molecule has 0 saturated heterocycles. The highest BCUT2D eigenvalue weighted by Gasteiger charge is 2.42. The number of rotatable bonds is 8. The van der Waals surface area contributed by atoms with Gasteiger partial charge in [0.25, 0.3) is 5.91 Å². The predicted octanol–water partition coefficient (Wildman–Crippen LogP) is 4.72. The summed E-state index contributed by atoms with van der Waals surface area (Å²) in [6.45, 7) is 7.54. The summed E-state index contributed by atoms with van der Waals surface area (Å²) in [7, 11) is 1.59. The van der Waals surface area contributed by atoms with E-state index >= 15 is 0 Å². The molecule has 0 bridgehead atoms. The van der Waals surface area contributed by atoms with E-state index in [1.165, 1.54) is 0 Å². The lowest BCUT2D eigenvalue weighted by molar-refractivity contribution is 0.0663. The van der Waals surface area contributed by atoms with E-state index in [1.54, 1.807) is 18.1 Å². The molecular formula is C26H29NO5. The summed E-state index contributed by atoms with van der Waals surface area (Å²) in [6.07, 6.45) is 0.948. The second kappa shape index (κ2) is 9.17. The van der Waals surface area contributed by atoms with Crippen LogP contribution in [0.15, 0.2) is 51.7 Å². The first-order valence-electron chi connectivity index (χ1n) is 11.0. The Bertz CT molecular complexity index is 1200. The van der Waals surface area contributed by atoms with Crippen molar-refractivity contribution >= 4 is 16.9 Å². The van der Waals surface area contributed by atoms with E-state index in [1.807, 2.05) is 43.3 Å². The number of amides is 1. The SMILES string of the molecule is COCCN1C(=O)c2oc3ccc(C)cc3c(=O)c2C1c1cccc(OCCC(C)C)c1. The van der Waals surface area contributed by atoms with Crippen LogP contribution in [0.3, 0.4) is 0 Å². The van der Waals surface area contributed by atoms with Crippen LogP contribution in [0.4, 0.5) is 0 Å². The van der Waals surface area contributed by atoms with Crippen molar-refractivity contribution in [1.82, 2.24) is 4.90 Å². The number of hydrogen-bond donors (Lipinski definition) is 0. The zero-order chi connectivity index (χ0) is 22.8. The predicted molar refractivity (Wildman–Crippen MR) is 123 cm³/mol. The van der Waals surface area contributed by atoms with Crippen molar-refractivity contribution in [1.29, 1.82) is 0 Å². The maximum absolute atomic E-state index is 13.6. The van der Waals surface area contributed by atoms with Crippen LogP contribution >= 0.6 is 0 Å². The standard InChI is InChI=1S/C26H29NO5/c1-16(2)10-12-31-19-7-5-6-18(15-19)23-22-24(28)20-14-17(3)8-9-21(20)32-25(22)26(29)27(23)11-13-30-4/h5-9,14-16,23H,10-13H2,1-4H3. The number of hydrogen-bond acceptors (Lipinski definition) is 5. The number of benzene rings is 2. The second-order valence-corrected chi connectivity index (χ2v) is 8.67. The Balaban J connectivity index is 1.81. The number of aryl methyl sites for hydroxylation is 1. The lowest BCUT2D eigenvalue weighted by atomic mass is 9.98. The minimum atomic E-state index is -0.553. The molecule has 1 aromatic heterocycles. The molecule has 0 saturated carbocycles. The molecule has 0 spiro atoms. The summed E-state index contributed by atoms with van der Waals surface area (Å²) >= 11 is 0. The fourth-order valence-corrected chi connectivity index (χ4v) is 4.09. The molecule has 0 N–H and O–H groups in total. The van der Waals surface area contributed by atoms with Crippen LogP contribution in [0.5, 0.6) is 5.75 Å². The number of carbonyl (C=O) groups excluding carboxylic acids is 1. The van der Waals surface area contributed by atoms with Crippen molar-refractivity contribution in [3.63, 3.8) is 0 Å². The van der Waals surface area contributed by atoms with Gasteiger partial charge in [-0.2, -0.15) is 0 Å². The van der Waals surface area contributed by atoms with E-state index in [2.05, 4.69) is 13.8 Å². The Hall–Kier alpha value is -3.12. The lowest BCUT2D eigenvalue weighted by Gasteiger charge is -2.25. The maximum atomic E-state index is 13.6. The van der Waals surface area contributed by atoms with Crippen LogP contribution in [0.25, 0.3) is 11.0 Å². The third-order valence-corrected chi connectivity index (χ3v) is 5.80. The Morgan fingerprint density at radius 3 is 2.66 bits per heavy atom. The van der Waals surface area contributed by atoms with Crippen LogP contribution in [0.1, 0.15) is 53.6 Å². The largest absolute Gasteiger partial charge is 0.494 e. The molecule has 3 aromatic rings. The van der Waals surface area contributed by atoms with Crippen molar-refractivity contribution in [3.8, 4) is 5.75 Å². The van der Waals surface area contributed by atoms with Crippen LogP contribution in [0, 0.1) is 12.8 Å². The molecule has 32 heavy (non-hydrogen) atoms. The van der Waals surface area contributed by atoms with Gasteiger partial charge in [0.15, 0.2) is 5.43 Å². The number of nitrogens with zero attached hydrogens (tertiary/aromatic N) is 1. The first kappa shape index (κ1) is 22.1. The van der Waals surface area contributed by atoms with Crippen LogP contribution in [0.2, 0.25) is 0 Å². The van der Waals surface area contributed by atoms with Crippen LogP contribution < -0.4 is 10.2 Å². The van der Waals surface area contributed by atoms with E-state index in [0.717, 1.165) is 23.3 Å². The van der Waals surface area contributed by atoms with Crippen molar-refractivity contribution in [2.24, 2.45) is 5.92 Å². The molecule has 1 aliphatic rings. The molecule has 0 aliphatic carbocycles. The Kier molecular flexibility index (Phi) is 6.33. The van der Waals surface area contributed by atoms with Crippen molar-refractivity contribution in [3.05, 3.63) is 75.1 Å². The number of methoxy groups -OCH3 is 1. The van der Waals surface area contributed by atoms with Gasteiger partial charge in [0.2, 0.25) is 5.76 Å². The molecule has 2 aromatic carbocycles. The molecule has 1 amide bonds. The Morgan fingerprint density at radius 1 is 1.09 bits per heavy atom. The summed E-state index contributed by atoms with van der Waals surface area (Å²) in [5.74, 6) is 1.08. The van der Waals surface area contributed by atoms with E-state index in [9.17, 15) is 9.59 Å². The minimum Gasteiger partial charge on any atom is -0.494 e. The number of carbonyl (C=O) groups is 1. The van der Waals surface area contributed by atoms with Gasteiger partial charge in [0.05, 0.1) is 30.2 Å². The van der Waals surface area contributed by atoms with Gasteiger partial charge in [-0.15, -0.1) is 0 Å². The van der Waals surface area contributed by atoms with E-state index < -0.39 is 6.04 Å². The molecule has 4 rings (SSSR count). The van der Waals surface area contributed by atoms with E-state index in [-0.39, 0.29) is 17.1 Å². The summed E-state index contributed by atoms with van der Waals surface area (Å²) in [4.78, 5) is 28.5. The first-order chi connectivity index (χ1) is 15.4. The van der Waals surface area contributed by atoms with Gasteiger partial charge in [-0.1, -0.05) is 37.6 Å². The molecule has 0 radical (unpaired) electrons. The second-order valence-electron chi connectivity index (χ2n) is 8.67. The van der Waals surface area contributed by atoms with Gasteiger partial charge < -0.3 is 18.8 Å². The highest BCUT2D eigenvalue weighted by Crippen LogP contribution is 2.39. The topological polar surface area (TPSA) is 69.0 Å². The molecule has 2 heterocycles. The zero-order valence-electron chi connectivity index (χ0n) is 19.0. The van der Waals surface area contributed by atoms with Crippen molar-refractivity contribution < 1.29 is 18.7 Å². The molecule has 6 nitrogen and oxygen atoms in total. The van der Waals surface area contributed by atoms with Crippen LogP contribution in [-0.4, -0.2) is 37.7 Å². The fraction of sp³-hybridized carbons (Fsp3) is 0.385. The minimum absolute atomic E-state index is 0.110. The molecule has 6 heteroatoms. The first-order valence-corrected chi connectivity index (χ1v) is 11.0. The quantitative estimate of drug-likeness (QED) is 0.512. The summed E-state index contributed by atoms with van der Waals surface area (Å²) in [6, 6.07) is 12.5. The van der Waals surface area contributed by atoms with Gasteiger partial charge in [-0.25, -0.2) is 0 Å². The van der Waals surface area contributed by atoms with E-state index in [4.69, 9.17) is 13.9 Å². The molecule has 1 aliphatic heterocycles. The molecule has 168 valence electrons. The van der Waals surface area contributed by atoms with Gasteiger partial charge in [0, 0.05) is 13.7 Å². The Labute approximate surface area is 187 Å². The zero-order valence-corrected chi connectivity index (χ0v) is 19.0. The van der Waals surface area contributed by atoms with Gasteiger partial charge in [-0.3, -0.25) is 9.59 Å². The highest BCUT2D eigenvalue weighted by atomic mass is 16.5. The third kappa shape index (κ3) is 4.15. The summed E-state index contributed by atoms with van der Waals surface area (Å²) < 4.78 is 17.1. The molecular weight excluding hydrogens is 406 g/mol. The fourth-order valence-electron chi connectivity index (χ4n) is 4.09. The highest BCUT2D eigenvalue weighted by molar-refractivity contribution is 5.99. The monoisotopic (exact) mass is 435 g/mol. The summed E-state index contributed by atoms with van der Waals surface area (Å²) in [5, 5.41) is 0.486. The van der Waals surface area contributed by atoms with Crippen molar-refractivity contribution in [2.45, 2.75) is 33.2 Å². The van der Waals surface area contributed by atoms with Gasteiger partial charge in [-0.05, 0) is 49.1 Å². The van der Waals surface area contributed by atoms with Crippen LogP contribution in [-0.2, 0) is 4.74 Å². The van der Waals surface area contributed by atoms with Gasteiger partial charge >= 0.3 is 0 Å².